The molecule has 0 aliphatic carbocycles. The second kappa shape index (κ2) is 6.81. The minimum atomic E-state index is -0.224. The molecule has 1 aromatic carbocycles. The largest absolute Gasteiger partial charge is 0.497 e. The fraction of sp³-hybridized carbons (Fsp3) is 0.529. The number of nitrogens with zero attached hydrogens (tertiary/aromatic N) is 2. The van der Waals surface area contributed by atoms with Crippen LogP contribution in [0.3, 0.4) is 0 Å². The lowest BCUT2D eigenvalue weighted by Crippen LogP contribution is -2.38. The molecule has 1 heterocycles. The van der Waals surface area contributed by atoms with Gasteiger partial charge in [0.2, 0.25) is 11.8 Å². The molecule has 1 atom stereocenters. The lowest BCUT2D eigenvalue weighted by Gasteiger charge is -2.24. The van der Waals surface area contributed by atoms with Gasteiger partial charge in [-0.25, -0.2) is 0 Å². The first kappa shape index (κ1) is 16.3. The summed E-state index contributed by atoms with van der Waals surface area (Å²) >= 11 is 0. The zero-order valence-electron chi connectivity index (χ0n) is 13.7. The van der Waals surface area contributed by atoms with E-state index < -0.39 is 0 Å². The third kappa shape index (κ3) is 3.59. The van der Waals surface area contributed by atoms with E-state index in [0.717, 1.165) is 11.3 Å². The molecule has 0 radical (unpaired) electrons. The number of carbonyl (C=O) groups is 2. The Balaban J connectivity index is 1.98. The van der Waals surface area contributed by atoms with Crippen LogP contribution in [0.1, 0.15) is 25.8 Å². The lowest BCUT2D eigenvalue weighted by atomic mass is 10.1. The number of carbonyl (C=O) groups excluding carboxylic acids is 2. The second-order valence-electron chi connectivity index (χ2n) is 6.07. The highest BCUT2D eigenvalue weighted by atomic mass is 16.5. The second-order valence-corrected chi connectivity index (χ2v) is 6.07. The summed E-state index contributed by atoms with van der Waals surface area (Å²) in [4.78, 5) is 28.0. The number of amides is 2. The Hall–Kier alpha value is -2.04. The molecule has 0 spiro atoms. The molecule has 0 saturated carbocycles. The van der Waals surface area contributed by atoms with Crippen LogP contribution >= 0.6 is 0 Å². The molecular weight excluding hydrogens is 280 g/mol. The van der Waals surface area contributed by atoms with Gasteiger partial charge in [-0.15, -0.1) is 0 Å². The van der Waals surface area contributed by atoms with Gasteiger partial charge in [-0.1, -0.05) is 12.1 Å². The number of benzene rings is 1. The molecule has 0 N–H and O–H groups in total. The minimum absolute atomic E-state index is 0.0475. The van der Waals surface area contributed by atoms with Gasteiger partial charge in [0.05, 0.1) is 13.0 Å². The van der Waals surface area contributed by atoms with Crippen molar-refractivity contribution < 1.29 is 14.3 Å². The average Bonchev–Trinajstić information content (AvgIpc) is 2.87. The van der Waals surface area contributed by atoms with Crippen molar-refractivity contribution in [2.75, 3.05) is 20.7 Å². The zero-order valence-corrected chi connectivity index (χ0v) is 13.7. The maximum Gasteiger partial charge on any atom is 0.227 e. The van der Waals surface area contributed by atoms with E-state index in [2.05, 4.69) is 0 Å². The molecule has 0 bridgehead atoms. The van der Waals surface area contributed by atoms with Crippen molar-refractivity contribution in [2.45, 2.75) is 32.9 Å². The summed E-state index contributed by atoms with van der Waals surface area (Å²) in [5, 5.41) is 0. The molecule has 5 heteroatoms. The standard InChI is InChI=1S/C17H24N2O3/c1-12(2)18(3)17(21)14-9-16(20)19(11-14)10-13-5-7-15(22-4)8-6-13/h5-8,12,14H,9-11H2,1-4H3. The van der Waals surface area contributed by atoms with Gasteiger partial charge >= 0.3 is 0 Å². The number of hydrogen-bond acceptors (Lipinski definition) is 3. The van der Waals surface area contributed by atoms with Crippen molar-refractivity contribution in [2.24, 2.45) is 5.92 Å². The van der Waals surface area contributed by atoms with Gasteiger partial charge in [-0.2, -0.15) is 0 Å². The summed E-state index contributed by atoms with van der Waals surface area (Å²) in [6, 6.07) is 7.80. The molecule has 120 valence electrons. The third-order valence-corrected chi connectivity index (χ3v) is 4.22. The van der Waals surface area contributed by atoms with Crippen LogP contribution < -0.4 is 4.74 Å². The molecule has 1 fully saturated rings. The molecule has 1 unspecified atom stereocenters. The SMILES string of the molecule is COc1ccc(CN2CC(C(=O)N(C)C(C)C)CC2=O)cc1. The van der Waals surface area contributed by atoms with E-state index >= 15 is 0 Å². The molecular formula is C17H24N2O3. The number of hydrogen-bond donors (Lipinski definition) is 0. The van der Waals surface area contributed by atoms with Crippen LogP contribution in [0.25, 0.3) is 0 Å². The summed E-state index contributed by atoms with van der Waals surface area (Å²) in [5.41, 5.74) is 1.04. The number of methoxy groups -OCH3 is 1. The molecule has 0 aromatic heterocycles. The maximum atomic E-state index is 12.3. The summed E-state index contributed by atoms with van der Waals surface area (Å²) < 4.78 is 5.13. The number of ether oxygens (including phenoxy) is 1. The van der Waals surface area contributed by atoms with E-state index in [1.807, 2.05) is 38.1 Å². The van der Waals surface area contributed by atoms with Crippen LogP contribution in [-0.4, -0.2) is 48.4 Å². The molecule has 1 aliphatic heterocycles. The summed E-state index contributed by atoms with van der Waals surface area (Å²) in [7, 11) is 3.42. The van der Waals surface area contributed by atoms with E-state index in [9.17, 15) is 9.59 Å². The Morgan fingerprint density at radius 3 is 2.55 bits per heavy atom. The summed E-state index contributed by atoms with van der Waals surface area (Å²) in [5.74, 6) is 0.674. The van der Waals surface area contributed by atoms with Crippen LogP contribution in [-0.2, 0) is 16.1 Å². The van der Waals surface area contributed by atoms with Crippen molar-refractivity contribution in [1.29, 1.82) is 0 Å². The van der Waals surface area contributed by atoms with Crippen LogP contribution in [0.5, 0.6) is 5.75 Å². The van der Waals surface area contributed by atoms with E-state index in [1.165, 1.54) is 0 Å². The Morgan fingerprint density at radius 2 is 2.00 bits per heavy atom. The highest BCUT2D eigenvalue weighted by Gasteiger charge is 2.36. The molecule has 1 aromatic rings. The van der Waals surface area contributed by atoms with Crippen molar-refractivity contribution in [1.82, 2.24) is 9.80 Å². The molecule has 1 saturated heterocycles. The number of rotatable bonds is 5. The Kier molecular flexibility index (Phi) is 5.06. The molecule has 2 rings (SSSR count). The highest BCUT2D eigenvalue weighted by Crippen LogP contribution is 2.23. The van der Waals surface area contributed by atoms with Gasteiger partial charge < -0.3 is 14.5 Å². The highest BCUT2D eigenvalue weighted by molar-refractivity contribution is 5.89. The quantitative estimate of drug-likeness (QED) is 0.835. The third-order valence-electron chi connectivity index (χ3n) is 4.22. The van der Waals surface area contributed by atoms with Gasteiger partial charge in [0.25, 0.3) is 0 Å². The monoisotopic (exact) mass is 304 g/mol. The van der Waals surface area contributed by atoms with E-state index in [-0.39, 0.29) is 23.8 Å². The lowest BCUT2D eigenvalue weighted by molar-refractivity contribution is -0.136. The first-order valence-electron chi connectivity index (χ1n) is 7.59. The Morgan fingerprint density at radius 1 is 1.36 bits per heavy atom. The van der Waals surface area contributed by atoms with Crippen molar-refractivity contribution >= 4 is 11.8 Å². The fourth-order valence-electron chi connectivity index (χ4n) is 2.58. The Bertz CT molecular complexity index is 539. The van der Waals surface area contributed by atoms with Crippen molar-refractivity contribution in [3.05, 3.63) is 29.8 Å². The van der Waals surface area contributed by atoms with Crippen LogP contribution in [0.4, 0.5) is 0 Å². The van der Waals surface area contributed by atoms with E-state index in [0.29, 0.717) is 19.5 Å². The van der Waals surface area contributed by atoms with Crippen LogP contribution in [0.2, 0.25) is 0 Å². The Labute approximate surface area is 131 Å². The summed E-state index contributed by atoms with van der Waals surface area (Å²) in [6.45, 7) is 4.99. The van der Waals surface area contributed by atoms with Gasteiger partial charge in [0, 0.05) is 32.6 Å². The average molecular weight is 304 g/mol. The van der Waals surface area contributed by atoms with E-state index in [1.54, 1.807) is 24.0 Å². The van der Waals surface area contributed by atoms with Gasteiger partial charge in [0.15, 0.2) is 0 Å². The zero-order chi connectivity index (χ0) is 16.3. The molecule has 1 aliphatic rings. The van der Waals surface area contributed by atoms with Crippen molar-refractivity contribution in [3.8, 4) is 5.75 Å². The van der Waals surface area contributed by atoms with E-state index in [4.69, 9.17) is 4.74 Å². The molecule has 22 heavy (non-hydrogen) atoms. The number of likely N-dealkylation sites (tertiary alicyclic amines) is 1. The topological polar surface area (TPSA) is 49.9 Å². The maximum absolute atomic E-state index is 12.3. The van der Waals surface area contributed by atoms with Gasteiger partial charge in [-0.05, 0) is 31.5 Å². The summed E-state index contributed by atoms with van der Waals surface area (Å²) in [6.07, 6.45) is 0.312. The predicted molar refractivity (Wildman–Crippen MR) is 84.4 cm³/mol. The van der Waals surface area contributed by atoms with Crippen molar-refractivity contribution in [3.63, 3.8) is 0 Å². The predicted octanol–water partition coefficient (Wildman–Crippen LogP) is 1.91. The smallest absolute Gasteiger partial charge is 0.227 e. The molecule has 2 amide bonds. The van der Waals surface area contributed by atoms with Crippen LogP contribution in [0.15, 0.2) is 24.3 Å². The first-order chi connectivity index (χ1) is 10.4. The fourth-order valence-corrected chi connectivity index (χ4v) is 2.58. The normalized spacial score (nSPS) is 18.0. The first-order valence-corrected chi connectivity index (χ1v) is 7.59. The minimum Gasteiger partial charge on any atom is -0.497 e. The van der Waals surface area contributed by atoms with Gasteiger partial charge in [0.1, 0.15) is 5.75 Å². The van der Waals surface area contributed by atoms with Gasteiger partial charge in [-0.3, -0.25) is 9.59 Å². The van der Waals surface area contributed by atoms with Crippen LogP contribution in [0, 0.1) is 5.92 Å². The molecule has 5 nitrogen and oxygen atoms in total.